The van der Waals surface area contributed by atoms with E-state index in [9.17, 15) is 13.2 Å². The second-order valence-electron chi connectivity index (χ2n) is 4.49. The van der Waals surface area contributed by atoms with Gasteiger partial charge in [0.15, 0.2) is 4.77 Å². The number of hydrogen-bond acceptors (Lipinski definition) is 1. The van der Waals surface area contributed by atoms with Gasteiger partial charge in [0.2, 0.25) is 0 Å². The Labute approximate surface area is 107 Å². The van der Waals surface area contributed by atoms with Crippen molar-refractivity contribution in [2.75, 3.05) is 0 Å². The van der Waals surface area contributed by atoms with Gasteiger partial charge in [0, 0.05) is 6.04 Å². The van der Waals surface area contributed by atoms with Gasteiger partial charge in [-0.3, -0.25) is 0 Å². The molecule has 0 aliphatic rings. The van der Waals surface area contributed by atoms with Crippen LogP contribution < -0.4 is 0 Å². The van der Waals surface area contributed by atoms with Crippen molar-refractivity contribution in [3.63, 3.8) is 0 Å². The summed E-state index contributed by atoms with van der Waals surface area (Å²) in [6, 6.07) is 4.85. The maximum absolute atomic E-state index is 12.5. The van der Waals surface area contributed by atoms with Crippen molar-refractivity contribution in [1.82, 2.24) is 9.55 Å². The number of imidazole rings is 1. The molecular formula is C12H13F3N2S. The summed E-state index contributed by atoms with van der Waals surface area (Å²) in [4.78, 5) is 2.93. The third-order valence-corrected chi connectivity index (χ3v) is 3.14. The van der Waals surface area contributed by atoms with Crippen LogP contribution in [0, 0.1) is 11.7 Å². The molecule has 0 aliphatic heterocycles. The molecule has 0 aliphatic carbocycles. The third-order valence-electron chi connectivity index (χ3n) is 2.84. The molecule has 0 fully saturated rings. The lowest BCUT2D eigenvalue weighted by Crippen LogP contribution is -2.16. The number of halogens is 3. The summed E-state index contributed by atoms with van der Waals surface area (Å²) in [6.07, 6.45) is -5.08. The van der Waals surface area contributed by atoms with Gasteiger partial charge in [0.1, 0.15) is 0 Å². The summed E-state index contributed by atoms with van der Waals surface area (Å²) in [5, 5.41) is 0. The molecule has 18 heavy (non-hydrogen) atoms. The highest BCUT2D eigenvalue weighted by atomic mass is 32.1. The van der Waals surface area contributed by atoms with Crippen LogP contribution in [0.2, 0.25) is 0 Å². The van der Waals surface area contributed by atoms with E-state index in [0.717, 1.165) is 16.6 Å². The monoisotopic (exact) mass is 274 g/mol. The van der Waals surface area contributed by atoms with Gasteiger partial charge in [-0.25, -0.2) is 0 Å². The number of fused-ring (bicyclic) bond motifs is 1. The third kappa shape index (κ3) is 2.58. The minimum absolute atomic E-state index is 0.326. The Morgan fingerprint density at radius 2 is 2.06 bits per heavy atom. The number of benzene rings is 1. The van der Waals surface area contributed by atoms with Gasteiger partial charge in [-0.2, -0.15) is 13.2 Å². The Bertz CT molecular complexity index is 624. The Balaban J connectivity index is 2.53. The molecule has 98 valence electrons. The van der Waals surface area contributed by atoms with E-state index in [2.05, 4.69) is 4.98 Å². The predicted octanol–water partition coefficient (Wildman–Crippen LogP) is 4.52. The second-order valence-corrected chi connectivity index (χ2v) is 4.88. The summed E-state index contributed by atoms with van der Waals surface area (Å²) >= 11 is 5.10. The summed E-state index contributed by atoms with van der Waals surface area (Å²) < 4.78 is 39.2. The molecule has 0 radical (unpaired) electrons. The molecule has 2 rings (SSSR count). The van der Waals surface area contributed by atoms with Crippen LogP contribution in [0.4, 0.5) is 13.2 Å². The van der Waals surface area contributed by atoms with Crippen molar-refractivity contribution in [3.8, 4) is 0 Å². The van der Waals surface area contributed by atoms with Crippen LogP contribution in [-0.2, 0) is 0 Å². The van der Waals surface area contributed by atoms with Crippen molar-refractivity contribution >= 4 is 23.3 Å². The predicted molar refractivity (Wildman–Crippen MR) is 67.2 cm³/mol. The molecule has 1 N–H and O–H groups in total. The molecule has 1 aromatic carbocycles. The van der Waals surface area contributed by atoms with Gasteiger partial charge in [0.25, 0.3) is 0 Å². The number of nitrogens with zero attached hydrogens (tertiary/aromatic N) is 1. The van der Waals surface area contributed by atoms with Gasteiger partial charge in [-0.05, 0) is 43.8 Å². The zero-order chi connectivity index (χ0) is 13.5. The van der Waals surface area contributed by atoms with Crippen LogP contribution in [-0.4, -0.2) is 15.7 Å². The second kappa shape index (κ2) is 4.42. The van der Waals surface area contributed by atoms with Crippen molar-refractivity contribution in [1.29, 1.82) is 0 Å². The minimum atomic E-state index is -4.19. The molecule has 0 amide bonds. The Morgan fingerprint density at radius 3 is 2.67 bits per heavy atom. The number of hydrogen-bond donors (Lipinski definition) is 1. The van der Waals surface area contributed by atoms with Crippen LogP contribution >= 0.6 is 12.2 Å². The number of nitrogens with one attached hydrogen (secondary N) is 1. The SMILES string of the molecule is Cc1ccc2[nH]c(=S)n(C(C)CC(F)(F)F)c2c1. The van der Waals surface area contributed by atoms with Gasteiger partial charge in [-0.15, -0.1) is 0 Å². The first kappa shape index (κ1) is 13.1. The normalized spacial score (nSPS) is 14.1. The maximum atomic E-state index is 12.5. The standard InChI is InChI=1S/C12H13F3N2S/c1-7-3-4-9-10(5-7)17(11(18)16-9)8(2)6-12(13,14)15/h3-5,8H,6H2,1-2H3,(H,16,18). The van der Waals surface area contributed by atoms with Crippen LogP contribution in [0.1, 0.15) is 24.9 Å². The lowest BCUT2D eigenvalue weighted by molar-refractivity contribution is -0.141. The summed E-state index contributed by atoms with van der Waals surface area (Å²) in [7, 11) is 0. The van der Waals surface area contributed by atoms with Gasteiger partial charge >= 0.3 is 6.18 Å². The number of aryl methyl sites for hydroxylation is 1. The maximum Gasteiger partial charge on any atom is 0.391 e. The zero-order valence-corrected chi connectivity index (χ0v) is 10.8. The molecular weight excluding hydrogens is 261 g/mol. The van der Waals surface area contributed by atoms with Crippen LogP contribution in [0.25, 0.3) is 11.0 Å². The zero-order valence-electron chi connectivity index (χ0n) is 10.0. The van der Waals surface area contributed by atoms with E-state index >= 15 is 0 Å². The Morgan fingerprint density at radius 1 is 1.39 bits per heavy atom. The van der Waals surface area contributed by atoms with E-state index in [1.165, 1.54) is 11.5 Å². The minimum Gasteiger partial charge on any atom is -0.331 e. The fraction of sp³-hybridized carbons (Fsp3) is 0.417. The molecule has 0 spiro atoms. The van der Waals surface area contributed by atoms with E-state index in [-0.39, 0.29) is 0 Å². The first-order chi connectivity index (χ1) is 8.28. The van der Waals surface area contributed by atoms with Crippen LogP contribution in [0.3, 0.4) is 0 Å². The first-order valence-corrected chi connectivity index (χ1v) is 5.96. The largest absolute Gasteiger partial charge is 0.391 e. The topological polar surface area (TPSA) is 20.7 Å². The van der Waals surface area contributed by atoms with E-state index in [1.54, 1.807) is 0 Å². The number of H-pyrrole nitrogens is 1. The van der Waals surface area contributed by atoms with E-state index in [1.807, 2.05) is 25.1 Å². The van der Waals surface area contributed by atoms with E-state index < -0.39 is 18.6 Å². The highest BCUT2D eigenvalue weighted by molar-refractivity contribution is 7.71. The number of rotatable bonds is 2. The highest BCUT2D eigenvalue weighted by Gasteiger charge is 2.31. The molecule has 1 unspecified atom stereocenters. The molecule has 0 bridgehead atoms. The average Bonchev–Trinajstić information content (AvgIpc) is 2.50. The lowest BCUT2D eigenvalue weighted by atomic mass is 10.2. The Hall–Kier alpha value is -1.30. The van der Waals surface area contributed by atoms with Gasteiger partial charge < -0.3 is 9.55 Å². The van der Waals surface area contributed by atoms with Gasteiger partial charge in [0.05, 0.1) is 17.5 Å². The van der Waals surface area contributed by atoms with E-state index in [0.29, 0.717) is 4.77 Å². The quantitative estimate of drug-likeness (QED) is 0.798. The lowest BCUT2D eigenvalue weighted by Gasteiger charge is -2.16. The average molecular weight is 274 g/mol. The van der Waals surface area contributed by atoms with Crippen LogP contribution in [0.5, 0.6) is 0 Å². The van der Waals surface area contributed by atoms with Crippen molar-refractivity contribution in [3.05, 3.63) is 28.5 Å². The molecule has 2 aromatic rings. The fourth-order valence-corrected chi connectivity index (χ4v) is 2.48. The summed E-state index contributed by atoms with van der Waals surface area (Å²) in [5.41, 5.74) is 2.47. The number of alkyl halides is 3. The van der Waals surface area contributed by atoms with Crippen molar-refractivity contribution in [2.24, 2.45) is 0 Å². The highest BCUT2D eigenvalue weighted by Crippen LogP contribution is 2.30. The molecule has 1 aromatic heterocycles. The van der Waals surface area contributed by atoms with Gasteiger partial charge in [-0.1, -0.05) is 6.07 Å². The van der Waals surface area contributed by atoms with E-state index in [4.69, 9.17) is 12.2 Å². The first-order valence-electron chi connectivity index (χ1n) is 5.55. The summed E-state index contributed by atoms with van der Waals surface area (Å²) in [6.45, 7) is 3.42. The number of aromatic amines is 1. The smallest absolute Gasteiger partial charge is 0.331 e. The summed E-state index contributed by atoms with van der Waals surface area (Å²) in [5.74, 6) is 0. The molecule has 6 heteroatoms. The molecule has 0 saturated heterocycles. The van der Waals surface area contributed by atoms with Crippen LogP contribution in [0.15, 0.2) is 18.2 Å². The fourth-order valence-electron chi connectivity index (χ4n) is 2.10. The number of aromatic nitrogens is 2. The molecule has 1 heterocycles. The molecule has 1 atom stereocenters. The Kier molecular flexibility index (Phi) is 3.23. The molecule has 2 nitrogen and oxygen atoms in total. The molecule has 0 saturated carbocycles. The van der Waals surface area contributed by atoms with Crippen molar-refractivity contribution < 1.29 is 13.2 Å². The van der Waals surface area contributed by atoms with Crippen molar-refractivity contribution in [2.45, 2.75) is 32.5 Å².